The first kappa shape index (κ1) is 47.8. The molecule has 16 rings (SSSR count). The minimum atomic E-state index is -0.163. The van der Waals surface area contributed by atoms with Crippen LogP contribution in [0.15, 0.2) is 276 Å². The van der Waals surface area contributed by atoms with Gasteiger partial charge in [-0.05, 0) is 183 Å². The molecule has 5 aromatic carbocycles. The Bertz CT molecular complexity index is 3810. The van der Waals surface area contributed by atoms with Crippen LogP contribution in [0.25, 0.3) is 11.6 Å². The molecular formula is C75H68N4. The van der Waals surface area contributed by atoms with Gasteiger partial charge in [0, 0.05) is 75.1 Å². The van der Waals surface area contributed by atoms with Crippen LogP contribution >= 0.6 is 0 Å². The van der Waals surface area contributed by atoms with Crippen LogP contribution in [0.2, 0.25) is 0 Å². The van der Waals surface area contributed by atoms with Crippen LogP contribution in [0.3, 0.4) is 0 Å². The molecule has 0 radical (unpaired) electrons. The molecule has 0 saturated heterocycles. The Morgan fingerprint density at radius 1 is 0.633 bits per heavy atom. The third-order valence-electron chi connectivity index (χ3n) is 18.8. The van der Waals surface area contributed by atoms with Crippen molar-refractivity contribution in [2.24, 2.45) is 23.7 Å². The van der Waals surface area contributed by atoms with Gasteiger partial charge in [0.15, 0.2) is 0 Å². The highest BCUT2D eigenvalue weighted by Crippen LogP contribution is 2.69. The highest BCUT2D eigenvalue weighted by atomic mass is 15.3. The zero-order chi connectivity index (χ0) is 52.8. The van der Waals surface area contributed by atoms with Crippen LogP contribution < -0.4 is 15.1 Å². The summed E-state index contributed by atoms with van der Waals surface area (Å²) >= 11 is 0. The van der Waals surface area contributed by atoms with Crippen molar-refractivity contribution in [2.75, 3.05) is 9.80 Å². The van der Waals surface area contributed by atoms with Crippen LogP contribution in [0.1, 0.15) is 83.9 Å². The predicted octanol–water partition coefficient (Wildman–Crippen LogP) is 17.2. The Labute approximate surface area is 467 Å². The maximum atomic E-state index is 4.00. The summed E-state index contributed by atoms with van der Waals surface area (Å²) in [5.74, 6) is 2.63. The van der Waals surface area contributed by atoms with E-state index in [9.17, 15) is 0 Å². The molecule has 0 bridgehead atoms. The van der Waals surface area contributed by atoms with Crippen LogP contribution in [0.4, 0.5) is 17.1 Å². The van der Waals surface area contributed by atoms with Gasteiger partial charge in [-0.2, -0.15) is 0 Å². The van der Waals surface area contributed by atoms with Gasteiger partial charge >= 0.3 is 0 Å². The largest absolute Gasteiger partial charge is 0.356 e. The molecule has 4 heteroatoms. The molecule has 79 heavy (non-hydrogen) atoms. The molecular weight excluding hydrogens is 957 g/mol. The van der Waals surface area contributed by atoms with E-state index in [1.165, 1.54) is 107 Å². The Balaban J connectivity index is 0.000000720. The minimum Gasteiger partial charge on any atom is -0.356 e. The van der Waals surface area contributed by atoms with Gasteiger partial charge in [-0.3, -0.25) is 0 Å². The summed E-state index contributed by atoms with van der Waals surface area (Å²) in [5.41, 5.74) is 25.0. The van der Waals surface area contributed by atoms with E-state index in [4.69, 9.17) is 0 Å². The maximum Gasteiger partial charge on any atom is 0.0780 e. The normalized spacial score (nSPS) is 27.2. The van der Waals surface area contributed by atoms with Gasteiger partial charge in [-0.15, -0.1) is 0 Å². The van der Waals surface area contributed by atoms with Gasteiger partial charge in [0.05, 0.1) is 11.1 Å². The third kappa shape index (κ3) is 8.33. The minimum absolute atomic E-state index is 0.143. The van der Waals surface area contributed by atoms with Gasteiger partial charge in [-0.1, -0.05) is 181 Å². The molecule has 0 amide bonds. The lowest BCUT2D eigenvalue weighted by atomic mass is 9.92. The van der Waals surface area contributed by atoms with E-state index in [0.29, 0.717) is 29.6 Å². The number of nitrogens with one attached hydrogen (secondary N) is 1. The molecule has 10 aliphatic carbocycles. The van der Waals surface area contributed by atoms with Gasteiger partial charge < -0.3 is 20.0 Å². The van der Waals surface area contributed by atoms with E-state index in [0.717, 1.165) is 44.9 Å². The number of allylic oxidation sites excluding steroid dienone is 19. The molecule has 0 aromatic heterocycles. The standard InChI is InChI=1S/C68H60N4.C7H8/c1-44-11-7-17-53(28-22-44)70(57-31-26-46-12-3-4-14-49(46)37-57)54-18-9-19-55(33-32-54)72-65-35-34-58(71(56-29-23-45(2)24-30-56)67-36-10-16-47-13-5-6-20-59(47)64(67)43-67)41-62(65)63-40-52(38-50-42-68(50,63)72)69-51-27-25-48-15-8-21-60-61(39-51)66(48)60;1-7-5-3-2-4-6-7/h3-6,8-15,17,19-25,27-30,32-41,50,60-61,64,66,69H,7,16,18,26,31,42-43H2,1-2H3;2-6H,1H3. The second-order valence-electron chi connectivity index (χ2n) is 23.8. The molecule has 3 saturated carbocycles. The van der Waals surface area contributed by atoms with Crippen LogP contribution in [0.5, 0.6) is 0 Å². The van der Waals surface area contributed by atoms with E-state index in [-0.39, 0.29) is 11.1 Å². The summed E-state index contributed by atoms with van der Waals surface area (Å²) in [5, 5.41) is 4.00. The molecule has 5 aromatic rings. The van der Waals surface area contributed by atoms with Gasteiger partial charge in [0.25, 0.3) is 0 Å². The van der Waals surface area contributed by atoms with E-state index in [2.05, 4.69) is 259 Å². The average Bonchev–Trinajstić information content (AvgIpc) is 2.22. The van der Waals surface area contributed by atoms with Crippen molar-refractivity contribution in [3.05, 3.63) is 315 Å². The number of rotatable bonds is 9. The Kier molecular flexibility index (Phi) is 11.5. The second kappa shape index (κ2) is 18.9. The van der Waals surface area contributed by atoms with E-state index < -0.39 is 0 Å². The maximum absolute atomic E-state index is 4.00. The molecule has 1 aliphatic heterocycles. The Morgan fingerprint density at radius 3 is 2.33 bits per heavy atom. The van der Waals surface area contributed by atoms with E-state index >= 15 is 0 Å². The first-order valence-electron chi connectivity index (χ1n) is 29.1. The second-order valence-corrected chi connectivity index (χ2v) is 23.8. The molecule has 3 fully saturated rings. The van der Waals surface area contributed by atoms with Crippen molar-refractivity contribution in [2.45, 2.75) is 82.7 Å². The number of fused-ring (bicyclic) bond motifs is 7. The lowest BCUT2D eigenvalue weighted by Gasteiger charge is -2.34. The van der Waals surface area contributed by atoms with Crippen LogP contribution in [-0.2, 0) is 12.8 Å². The number of benzene rings is 5. The average molecular weight is 1030 g/mol. The van der Waals surface area contributed by atoms with Crippen LogP contribution in [0, 0.1) is 37.5 Å². The molecule has 4 nitrogen and oxygen atoms in total. The monoisotopic (exact) mass is 1020 g/mol. The number of anilines is 3. The third-order valence-corrected chi connectivity index (χ3v) is 18.8. The highest BCUT2D eigenvalue weighted by molar-refractivity contribution is 5.99. The summed E-state index contributed by atoms with van der Waals surface area (Å²) in [7, 11) is 0. The van der Waals surface area contributed by atoms with Crippen LogP contribution in [-0.4, -0.2) is 16.0 Å². The summed E-state index contributed by atoms with van der Waals surface area (Å²) in [6, 6.07) is 45.1. The predicted molar refractivity (Wildman–Crippen MR) is 328 cm³/mol. The van der Waals surface area contributed by atoms with Gasteiger partial charge in [0.1, 0.15) is 0 Å². The fourth-order valence-corrected chi connectivity index (χ4v) is 14.7. The molecule has 1 N–H and O–H groups in total. The van der Waals surface area contributed by atoms with Crippen molar-refractivity contribution in [1.29, 1.82) is 0 Å². The highest BCUT2D eigenvalue weighted by Gasteiger charge is 2.66. The van der Waals surface area contributed by atoms with Gasteiger partial charge in [0.2, 0.25) is 0 Å². The van der Waals surface area contributed by atoms with Crippen molar-refractivity contribution >= 4 is 28.7 Å². The first-order valence-corrected chi connectivity index (χ1v) is 29.1. The lowest BCUT2D eigenvalue weighted by Crippen LogP contribution is -2.35. The molecule has 7 atom stereocenters. The molecule has 11 aliphatic rings. The molecule has 388 valence electrons. The Hall–Kier alpha value is -8.34. The van der Waals surface area contributed by atoms with Crippen molar-refractivity contribution in [1.82, 2.24) is 10.2 Å². The van der Waals surface area contributed by atoms with Crippen molar-refractivity contribution < 1.29 is 0 Å². The lowest BCUT2D eigenvalue weighted by molar-refractivity contribution is 0.505. The summed E-state index contributed by atoms with van der Waals surface area (Å²) in [6.07, 6.45) is 52.7. The van der Waals surface area contributed by atoms with Crippen molar-refractivity contribution in [3.63, 3.8) is 0 Å². The molecule has 7 unspecified atom stereocenters. The smallest absolute Gasteiger partial charge is 0.0780 e. The summed E-state index contributed by atoms with van der Waals surface area (Å²) < 4.78 is 0. The van der Waals surface area contributed by atoms with Crippen molar-refractivity contribution in [3.8, 4) is 0 Å². The number of nitrogens with zero attached hydrogens (tertiary/aromatic N) is 3. The number of hydrogen-bond acceptors (Lipinski definition) is 4. The van der Waals surface area contributed by atoms with Gasteiger partial charge in [-0.25, -0.2) is 0 Å². The Morgan fingerprint density at radius 2 is 1.46 bits per heavy atom. The SMILES string of the molecule is CC1=CCC=C(N(C2=CC=C(N3c4ccc(N(c5ccc(C)cc5)C56C=CCc7ccccc7C5C6)cc4C4=CC(NC5=CC6C7C=CC=C(C=C5)C76)=CC5CC453)C=CC2)C2=Cc3ccccc3CC2)C=C1.Cc1ccccc1. The fourth-order valence-electron chi connectivity index (χ4n) is 14.7. The fraction of sp³-hybridized carbons (Fsp3) is 0.227. The molecule has 1 spiro atoms. The zero-order valence-corrected chi connectivity index (χ0v) is 45.7. The first-order chi connectivity index (χ1) is 38.8. The number of aryl methyl sites for hydroxylation is 3. The van der Waals surface area contributed by atoms with E-state index in [1.54, 1.807) is 0 Å². The number of hydrogen-bond donors (Lipinski definition) is 1. The molecule has 1 heterocycles. The summed E-state index contributed by atoms with van der Waals surface area (Å²) in [4.78, 5) is 8.00. The topological polar surface area (TPSA) is 21.8 Å². The quantitative estimate of drug-likeness (QED) is 0.149. The summed E-state index contributed by atoms with van der Waals surface area (Å²) in [6.45, 7) is 6.49. The zero-order valence-electron chi connectivity index (χ0n) is 45.7. The van der Waals surface area contributed by atoms with E-state index in [1.807, 2.05) is 18.2 Å².